The molecule has 0 aliphatic rings. The van der Waals surface area contributed by atoms with Crippen molar-refractivity contribution in [2.45, 2.75) is 45.5 Å². The summed E-state index contributed by atoms with van der Waals surface area (Å²) in [5.74, 6) is -2.26. The number of fused-ring (bicyclic) bond motifs is 1. The van der Waals surface area contributed by atoms with Gasteiger partial charge in [-0.25, -0.2) is 4.99 Å². The Labute approximate surface area is 179 Å². The molecule has 0 atom stereocenters. The fourth-order valence-electron chi connectivity index (χ4n) is 2.44. The molecule has 0 unspecified atom stereocenters. The molecule has 2 aromatic rings. The van der Waals surface area contributed by atoms with E-state index in [-0.39, 0.29) is 10.8 Å². The maximum Gasteiger partial charge on any atom is 0.328 e. The van der Waals surface area contributed by atoms with Crippen molar-refractivity contribution in [2.24, 2.45) is 10.1 Å². The molecule has 160 valence electrons. The summed E-state index contributed by atoms with van der Waals surface area (Å²) in [6, 6.07) is 11.0. The summed E-state index contributed by atoms with van der Waals surface area (Å²) in [7, 11) is 0. The van der Waals surface area contributed by atoms with Gasteiger partial charge in [0.15, 0.2) is 5.17 Å². The summed E-state index contributed by atoms with van der Waals surface area (Å²) in [5.41, 5.74) is 3.48. The van der Waals surface area contributed by atoms with Crippen LogP contribution in [0.2, 0.25) is 0 Å². The number of aliphatic imine (C=N–C) groups is 1. The highest BCUT2D eigenvalue weighted by Gasteiger charge is 2.29. The van der Waals surface area contributed by atoms with Crippen LogP contribution in [0.5, 0.6) is 5.75 Å². The summed E-state index contributed by atoms with van der Waals surface area (Å²) < 4.78 is 6.03. The van der Waals surface area contributed by atoms with Crippen molar-refractivity contribution >= 4 is 51.0 Å². The van der Waals surface area contributed by atoms with E-state index in [1.54, 1.807) is 26.0 Å². The van der Waals surface area contributed by atoms with Crippen LogP contribution < -0.4 is 10.2 Å². The zero-order valence-electron chi connectivity index (χ0n) is 17.5. The van der Waals surface area contributed by atoms with Crippen LogP contribution in [0.25, 0.3) is 10.8 Å². The molecule has 0 aromatic heterocycles. The van der Waals surface area contributed by atoms with Gasteiger partial charge in [-0.15, -0.1) is 0 Å². The van der Waals surface area contributed by atoms with E-state index < -0.39 is 17.2 Å². The standard InChI is InChI=1S/C21H25N3O5S/c1-12(2)23-24-20(30-17(18(25)26)19(27)28)22-15-10-11-16(29-21(3,4)5)14-9-7-6-8-13(14)15/h6-11,17H,1-5H3,(H,22,24)(H,25,26)(H,27,28). The van der Waals surface area contributed by atoms with Crippen molar-refractivity contribution in [1.82, 2.24) is 5.43 Å². The van der Waals surface area contributed by atoms with Gasteiger partial charge in [-0.2, -0.15) is 5.10 Å². The lowest BCUT2D eigenvalue weighted by Crippen LogP contribution is -2.30. The maximum atomic E-state index is 11.3. The van der Waals surface area contributed by atoms with Crippen LogP contribution in [0.4, 0.5) is 5.69 Å². The topological polar surface area (TPSA) is 121 Å². The Hall–Kier alpha value is -3.07. The van der Waals surface area contributed by atoms with Crippen LogP contribution in [0, 0.1) is 0 Å². The van der Waals surface area contributed by atoms with Gasteiger partial charge in [-0.3, -0.25) is 15.0 Å². The number of rotatable bonds is 6. The first-order chi connectivity index (χ1) is 14.0. The van der Waals surface area contributed by atoms with E-state index in [1.807, 2.05) is 45.0 Å². The van der Waals surface area contributed by atoms with Crippen molar-refractivity contribution in [2.75, 3.05) is 0 Å². The quantitative estimate of drug-likeness (QED) is 0.270. The molecule has 9 heteroatoms. The number of carbonyl (C=O) groups is 2. The Bertz CT molecular complexity index is 993. The number of carboxylic acid groups (broad SMARTS) is 2. The van der Waals surface area contributed by atoms with Crippen molar-refractivity contribution in [1.29, 1.82) is 0 Å². The first-order valence-corrected chi connectivity index (χ1v) is 10.0. The van der Waals surface area contributed by atoms with Gasteiger partial charge in [-0.1, -0.05) is 36.0 Å². The van der Waals surface area contributed by atoms with Gasteiger partial charge in [0.1, 0.15) is 11.4 Å². The number of nitrogens with zero attached hydrogens (tertiary/aromatic N) is 2. The smallest absolute Gasteiger partial charge is 0.328 e. The summed E-state index contributed by atoms with van der Waals surface area (Å²) in [5, 5.41) is 22.4. The molecule has 0 bridgehead atoms. The lowest BCUT2D eigenvalue weighted by Gasteiger charge is -2.22. The Morgan fingerprint density at radius 2 is 1.63 bits per heavy atom. The van der Waals surface area contributed by atoms with E-state index in [2.05, 4.69) is 15.5 Å². The third kappa shape index (κ3) is 6.48. The first kappa shape index (κ1) is 23.2. The fraction of sp³-hybridized carbons (Fsp3) is 0.333. The van der Waals surface area contributed by atoms with Crippen LogP contribution in [0.3, 0.4) is 0 Å². The Balaban J connectivity index is 2.56. The van der Waals surface area contributed by atoms with E-state index in [1.165, 1.54) is 0 Å². The summed E-state index contributed by atoms with van der Waals surface area (Å²) in [6.45, 7) is 9.35. The Morgan fingerprint density at radius 3 is 2.17 bits per heavy atom. The average Bonchev–Trinajstić information content (AvgIpc) is 2.63. The largest absolute Gasteiger partial charge is 0.488 e. The van der Waals surface area contributed by atoms with E-state index in [0.717, 1.165) is 10.8 Å². The van der Waals surface area contributed by atoms with Gasteiger partial charge in [-0.05, 0) is 46.8 Å². The second kappa shape index (κ2) is 9.62. The molecular formula is C21H25N3O5S. The lowest BCUT2D eigenvalue weighted by molar-refractivity contribution is -0.146. The number of hydrogen-bond donors (Lipinski definition) is 3. The number of carboxylic acids is 2. The zero-order chi connectivity index (χ0) is 22.5. The fourth-order valence-corrected chi connectivity index (χ4v) is 3.11. The van der Waals surface area contributed by atoms with Crippen LogP contribution >= 0.6 is 11.8 Å². The molecule has 0 aliphatic heterocycles. The number of aliphatic carboxylic acids is 2. The second-order valence-corrected chi connectivity index (χ2v) is 8.70. The van der Waals surface area contributed by atoms with E-state index in [0.29, 0.717) is 28.9 Å². The number of benzene rings is 2. The predicted molar refractivity (Wildman–Crippen MR) is 120 cm³/mol. The highest BCUT2D eigenvalue weighted by atomic mass is 32.2. The molecule has 0 radical (unpaired) electrons. The zero-order valence-corrected chi connectivity index (χ0v) is 18.3. The number of ether oxygens (including phenoxy) is 1. The molecule has 30 heavy (non-hydrogen) atoms. The molecule has 0 aliphatic carbocycles. The summed E-state index contributed by atoms with van der Waals surface area (Å²) in [4.78, 5) is 27.1. The first-order valence-electron chi connectivity index (χ1n) is 9.16. The molecule has 8 nitrogen and oxygen atoms in total. The molecule has 0 spiro atoms. The normalized spacial score (nSPS) is 12.0. The average molecular weight is 432 g/mol. The van der Waals surface area contributed by atoms with Crippen molar-refractivity contribution in [3.63, 3.8) is 0 Å². The van der Waals surface area contributed by atoms with Gasteiger partial charge < -0.3 is 14.9 Å². The van der Waals surface area contributed by atoms with Crippen molar-refractivity contribution in [3.05, 3.63) is 36.4 Å². The van der Waals surface area contributed by atoms with Gasteiger partial charge in [0.2, 0.25) is 5.25 Å². The van der Waals surface area contributed by atoms with E-state index >= 15 is 0 Å². The van der Waals surface area contributed by atoms with Crippen molar-refractivity contribution in [3.8, 4) is 5.75 Å². The molecule has 0 saturated heterocycles. The van der Waals surface area contributed by atoms with Gasteiger partial charge in [0.25, 0.3) is 0 Å². The number of nitrogens with one attached hydrogen (secondary N) is 1. The second-order valence-electron chi connectivity index (χ2n) is 7.60. The number of hydrazone groups is 1. The number of hydrogen-bond acceptors (Lipinski definition) is 6. The molecule has 2 aromatic carbocycles. The summed E-state index contributed by atoms with van der Waals surface area (Å²) in [6.07, 6.45) is 0. The third-order valence-electron chi connectivity index (χ3n) is 3.55. The van der Waals surface area contributed by atoms with Crippen molar-refractivity contribution < 1.29 is 24.5 Å². The monoisotopic (exact) mass is 431 g/mol. The number of thioether (sulfide) groups is 1. The Morgan fingerprint density at radius 1 is 1.03 bits per heavy atom. The molecule has 3 N–H and O–H groups in total. The predicted octanol–water partition coefficient (Wildman–Crippen LogP) is 4.26. The van der Waals surface area contributed by atoms with E-state index in [9.17, 15) is 19.8 Å². The van der Waals surface area contributed by atoms with Crippen LogP contribution in [-0.4, -0.2) is 43.9 Å². The van der Waals surface area contributed by atoms with Gasteiger partial charge >= 0.3 is 11.9 Å². The Kier molecular flexibility index (Phi) is 7.44. The van der Waals surface area contributed by atoms with E-state index in [4.69, 9.17) is 4.74 Å². The van der Waals surface area contributed by atoms with Crippen LogP contribution in [-0.2, 0) is 9.59 Å². The third-order valence-corrected chi connectivity index (χ3v) is 4.60. The van der Waals surface area contributed by atoms with Gasteiger partial charge in [0.05, 0.1) is 5.69 Å². The summed E-state index contributed by atoms with van der Waals surface area (Å²) >= 11 is 0.567. The molecule has 2 rings (SSSR count). The number of amidine groups is 1. The molecule has 0 fully saturated rings. The minimum absolute atomic E-state index is 0.0562. The minimum Gasteiger partial charge on any atom is -0.488 e. The minimum atomic E-state index is -1.72. The lowest BCUT2D eigenvalue weighted by atomic mass is 10.1. The highest BCUT2D eigenvalue weighted by molar-refractivity contribution is 8.15. The molecule has 0 saturated carbocycles. The van der Waals surface area contributed by atoms with Crippen LogP contribution in [0.1, 0.15) is 34.6 Å². The maximum absolute atomic E-state index is 11.3. The SMILES string of the molecule is CC(C)=NNC(=Nc1ccc(OC(C)(C)C)c2ccccc12)SC(C(=O)O)C(=O)O. The van der Waals surface area contributed by atoms with Crippen LogP contribution in [0.15, 0.2) is 46.5 Å². The molecule has 0 heterocycles. The molecular weight excluding hydrogens is 406 g/mol. The van der Waals surface area contributed by atoms with Gasteiger partial charge in [0, 0.05) is 16.5 Å². The highest BCUT2D eigenvalue weighted by Crippen LogP contribution is 2.35. The molecule has 0 amide bonds.